The molecule has 0 spiro atoms. The van der Waals surface area contributed by atoms with E-state index in [-0.39, 0.29) is 37.0 Å². The highest BCUT2D eigenvalue weighted by atomic mass is 16.3. The van der Waals surface area contributed by atoms with Gasteiger partial charge in [-0.2, -0.15) is 0 Å². The average Bonchev–Trinajstić information content (AvgIpc) is 2.43. The van der Waals surface area contributed by atoms with Gasteiger partial charge < -0.3 is 26.0 Å². The zero-order valence-corrected chi connectivity index (χ0v) is 11.5. The van der Waals surface area contributed by atoms with Crippen molar-refractivity contribution >= 4 is 11.6 Å². The number of anilines is 1. The van der Waals surface area contributed by atoms with Gasteiger partial charge in [0.05, 0.1) is 12.1 Å². The van der Waals surface area contributed by atoms with Crippen LogP contribution in [0.1, 0.15) is 18.4 Å². The van der Waals surface area contributed by atoms with E-state index in [1.54, 1.807) is 17.0 Å². The minimum absolute atomic E-state index is 0.0194. The number of aliphatic hydroxyl groups is 2. The fourth-order valence-corrected chi connectivity index (χ4v) is 1.87. The second-order valence-corrected chi connectivity index (χ2v) is 4.61. The van der Waals surface area contributed by atoms with Crippen molar-refractivity contribution in [3.8, 4) is 5.75 Å². The first kappa shape index (κ1) is 16.3. The van der Waals surface area contributed by atoms with Crippen LogP contribution in [0.2, 0.25) is 0 Å². The first-order valence-corrected chi connectivity index (χ1v) is 6.65. The third-order valence-corrected chi connectivity index (χ3v) is 2.98. The van der Waals surface area contributed by atoms with Crippen LogP contribution in [0.4, 0.5) is 5.69 Å². The monoisotopic (exact) mass is 282 g/mol. The Morgan fingerprint density at radius 1 is 1.15 bits per heavy atom. The second-order valence-electron chi connectivity index (χ2n) is 4.61. The van der Waals surface area contributed by atoms with Crippen molar-refractivity contribution < 1.29 is 20.1 Å². The molecule has 112 valence electrons. The summed E-state index contributed by atoms with van der Waals surface area (Å²) in [7, 11) is 0. The first-order valence-electron chi connectivity index (χ1n) is 6.65. The number of hydrogen-bond donors (Lipinski definition) is 4. The molecule has 5 N–H and O–H groups in total. The van der Waals surface area contributed by atoms with Crippen LogP contribution in [0.15, 0.2) is 18.2 Å². The number of aromatic hydroxyl groups is 1. The van der Waals surface area contributed by atoms with Gasteiger partial charge in [0.1, 0.15) is 5.75 Å². The molecule has 6 nitrogen and oxygen atoms in total. The maximum Gasteiger partial charge on any atom is 0.226 e. The molecule has 1 aromatic carbocycles. The van der Waals surface area contributed by atoms with Gasteiger partial charge in [0.25, 0.3) is 0 Å². The molecule has 0 bridgehead atoms. The molecule has 0 atom stereocenters. The van der Waals surface area contributed by atoms with Crippen LogP contribution in [0.5, 0.6) is 5.75 Å². The standard InChI is InChI=1S/C14H22N2O4/c15-12-4-3-11(9-13(12)19)10-14(20)16(5-1-7-17)6-2-8-18/h3-4,9,17-19H,1-2,5-8,10,15H2. The predicted octanol–water partition coefficient (Wildman–Crippen LogP) is 0.110. The summed E-state index contributed by atoms with van der Waals surface area (Å²) in [6, 6.07) is 4.73. The van der Waals surface area contributed by atoms with E-state index in [0.717, 1.165) is 0 Å². The molecule has 0 heterocycles. The van der Waals surface area contributed by atoms with E-state index in [9.17, 15) is 9.90 Å². The lowest BCUT2D eigenvalue weighted by molar-refractivity contribution is -0.130. The Hall–Kier alpha value is -1.79. The summed E-state index contributed by atoms with van der Waals surface area (Å²) in [5, 5.41) is 27.2. The Labute approximate surface area is 118 Å². The van der Waals surface area contributed by atoms with E-state index in [4.69, 9.17) is 15.9 Å². The third kappa shape index (κ3) is 5.07. The number of aliphatic hydroxyl groups excluding tert-OH is 2. The van der Waals surface area contributed by atoms with Crippen LogP contribution in [0, 0.1) is 0 Å². The van der Waals surface area contributed by atoms with Crippen LogP contribution < -0.4 is 5.73 Å². The van der Waals surface area contributed by atoms with E-state index < -0.39 is 0 Å². The van der Waals surface area contributed by atoms with Crippen LogP contribution in [-0.4, -0.2) is 52.4 Å². The molecule has 0 aliphatic carbocycles. The van der Waals surface area contributed by atoms with Gasteiger partial charge in [-0.15, -0.1) is 0 Å². The van der Waals surface area contributed by atoms with Crippen molar-refractivity contribution in [2.24, 2.45) is 0 Å². The summed E-state index contributed by atoms with van der Waals surface area (Å²) in [6.45, 7) is 0.948. The Morgan fingerprint density at radius 2 is 1.75 bits per heavy atom. The number of carbonyl (C=O) groups is 1. The van der Waals surface area contributed by atoms with E-state index >= 15 is 0 Å². The van der Waals surface area contributed by atoms with Crippen molar-refractivity contribution in [3.63, 3.8) is 0 Å². The highest BCUT2D eigenvalue weighted by Gasteiger charge is 2.14. The Morgan fingerprint density at radius 3 is 2.25 bits per heavy atom. The summed E-state index contributed by atoms with van der Waals surface area (Å²) >= 11 is 0. The zero-order chi connectivity index (χ0) is 15.0. The lowest BCUT2D eigenvalue weighted by Gasteiger charge is -2.22. The Balaban J connectivity index is 2.65. The molecule has 6 heteroatoms. The number of phenolic OH excluding ortho intramolecular Hbond substituents is 1. The maximum atomic E-state index is 12.2. The summed E-state index contributed by atoms with van der Waals surface area (Å²) in [5.41, 5.74) is 6.47. The number of nitrogens with two attached hydrogens (primary N) is 1. The van der Waals surface area contributed by atoms with Gasteiger partial charge in [-0.1, -0.05) is 6.07 Å². The quantitative estimate of drug-likeness (QED) is 0.400. The fraction of sp³-hybridized carbons (Fsp3) is 0.500. The zero-order valence-electron chi connectivity index (χ0n) is 11.5. The lowest BCUT2D eigenvalue weighted by Crippen LogP contribution is -2.34. The van der Waals surface area contributed by atoms with Crippen molar-refractivity contribution in [2.75, 3.05) is 32.0 Å². The summed E-state index contributed by atoms with van der Waals surface area (Å²) in [6.07, 6.45) is 1.17. The molecular weight excluding hydrogens is 260 g/mol. The third-order valence-electron chi connectivity index (χ3n) is 2.98. The summed E-state index contributed by atoms with van der Waals surface area (Å²) in [4.78, 5) is 13.8. The van der Waals surface area contributed by atoms with E-state index in [1.165, 1.54) is 6.07 Å². The largest absolute Gasteiger partial charge is 0.506 e. The topological polar surface area (TPSA) is 107 Å². The van der Waals surface area contributed by atoms with Gasteiger partial charge in [-0.25, -0.2) is 0 Å². The summed E-state index contributed by atoms with van der Waals surface area (Å²) < 4.78 is 0. The number of amides is 1. The van der Waals surface area contributed by atoms with Crippen molar-refractivity contribution in [1.82, 2.24) is 4.90 Å². The maximum absolute atomic E-state index is 12.2. The van der Waals surface area contributed by atoms with Crippen LogP contribution >= 0.6 is 0 Å². The molecule has 0 unspecified atom stereocenters. The number of rotatable bonds is 8. The van der Waals surface area contributed by atoms with E-state index in [1.807, 2.05) is 0 Å². The number of phenols is 1. The molecule has 0 saturated heterocycles. The molecule has 1 aromatic rings. The van der Waals surface area contributed by atoms with Crippen molar-refractivity contribution in [1.29, 1.82) is 0 Å². The predicted molar refractivity (Wildman–Crippen MR) is 76.2 cm³/mol. The average molecular weight is 282 g/mol. The molecule has 0 radical (unpaired) electrons. The molecule has 0 saturated carbocycles. The van der Waals surface area contributed by atoms with E-state index in [2.05, 4.69) is 0 Å². The van der Waals surface area contributed by atoms with Crippen LogP contribution in [0.3, 0.4) is 0 Å². The summed E-state index contributed by atoms with van der Waals surface area (Å²) in [5.74, 6) is -0.136. The van der Waals surface area contributed by atoms with Crippen LogP contribution in [0.25, 0.3) is 0 Å². The SMILES string of the molecule is Nc1ccc(CC(=O)N(CCCO)CCCO)cc1O. The molecule has 20 heavy (non-hydrogen) atoms. The normalized spacial score (nSPS) is 10.5. The van der Waals surface area contributed by atoms with Crippen molar-refractivity contribution in [3.05, 3.63) is 23.8 Å². The highest BCUT2D eigenvalue weighted by molar-refractivity contribution is 5.79. The molecule has 1 rings (SSSR count). The molecular formula is C14H22N2O4. The molecule has 0 aliphatic rings. The molecule has 0 fully saturated rings. The van der Waals surface area contributed by atoms with Gasteiger partial charge in [0.15, 0.2) is 0 Å². The van der Waals surface area contributed by atoms with Crippen LogP contribution in [-0.2, 0) is 11.2 Å². The Kier molecular flexibility index (Phi) is 6.83. The lowest BCUT2D eigenvalue weighted by atomic mass is 10.1. The minimum atomic E-state index is -0.101. The number of nitrogen functional groups attached to an aromatic ring is 1. The first-order chi connectivity index (χ1) is 9.58. The van der Waals surface area contributed by atoms with Gasteiger partial charge in [0, 0.05) is 26.3 Å². The number of carbonyl (C=O) groups excluding carboxylic acids is 1. The van der Waals surface area contributed by atoms with E-state index in [0.29, 0.717) is 31.5 Å². The van der Waals surface area contributed by atoms with Gasteiger partial charge in [-0.05, 0) is 30.5 Å². The van der Waals surface area contributed by atoms with Gasteiger partial charge >= 0.3 is 0 Å². The number of nitrogens with zero attached hydrogens (tertiary/aromatic N) is 1. The molecule has 1 amide bonds. The van der Waals surface area contributed by atoms with Gasteiger partial charge in [0.2, 0.25) is 5.91 Å². The smallest absolute Gasteiger partial charge is 0.226 e. The van der Waals surface area contributed by atoms with Crippen molar-refractivity contribution in [2.45, 2.75) is 19.3 Å². The minimum Gasteiger partial charge on any atom is -0.506 e. The number of benzene rings is 1. The number of hydrogen-bond acceptors (Lipinski definition) is 5. The molecule has 0 aliphatic heterocycles. The van der Waals surface area contributed by atoms with Gasteiger partial charge in [-0.3, -0.25) is 4.79 Å². The highest BCUT2D eigenvalue weighted by Crippen LogP contribution is 2.21. The molecule has 0 aromatic heterocycles. The second kappa shape index (κ2) is 8.39. The fourth-order valence-electron chi connectivity index (χ4n) is 1.87. The Bertz CT molecular complexity index is 429.